The number of anilines is 1. The van der Waals surface area contributed by atoms with Gasteiger partial charge in [0, 0.05) is 49.5 Å². The predicted molar refractivity (Wildman–Crippen MR) is 98.2 cm³/mol. The monoisotopic (exact) mass is 365 g/mol. The number of hydrogen-bond donors (Lipinski definition) is 3. The second kappa shape index (κ2) is 8.54. The van der Waals surface area contributed by atoms with Crippen molar-refractivity contribution in [3.63, 3.8) is 0 Å². The van der Waals surface area contributed by atoms with E-state index in [2.05, 4.69) is 10.6 Å². The van der Waals surface area contributed by atoms with Crippen molar-refractivity contribution in [1.29, 1.82) is 0 Å². The Balaban J connectivity index is 1.38. The van der Waals surface area contributed by atoms with Gasteiger partial charge in [0.25, 0.3) is 0 Å². The number of benzene rings is 1. The molecule has 2 fully saturated rings. The van der Waals surface area contributed by atoms with Crippen molar-refractivity contribution >= 4 is 29.2 Å². The molecule has 7 heteroatoms. The molecule has 0 bridgehead atoms. The molecule has 3 rings (SSSR count). The number of carbonyl (C=O) groups is 2. The molecule has 0 aromatic heterocycles. The van der Waals surface area contributed by atoms with E-state index in [-0.39, 0.29) is 18.0 Å². The van der Waals surface area contributed by atoms with E-state index in [1.54, 1.807) is 21.9 Å². The van der Waals surface area contributed by atoms with Crippen LogP contribution in [-0.4, -0.2) is 50.7 Å². The number of hydrogen-bond acceptors (Lipinski definition) is 2. The maximum absolute atomic E-state index is 12.2. The summed E-state index contributed by atoms with van der Waals surface area (Å²) in [5, 5.41) is 6.44. The zero-order valence-electron chi connectivity index (χ0n) is 14.4. The Morgan fingerprint density at radius 1 is 1.24 bits per heavy atom. The summed E-state index contributed by atoms with van der Waals surface area (Å²) in [6.07, 6.45) is 3.96. The first-order valence-electron chi connectivity index (χ1n) is 9.05. The Morgan fingerprint density at radius 2 is 1.96 bits per heavy atom. The molecule has 136 valence electrons. The highest BCUT2D eigenvalue weighted by atomic mass is 35.5. The summed E-state index contributed by atoms with van der Waals surface area (Å²) < 4.78 is 0. The number of nitrogens with one attached hydrogen (secondary N) is 3. The number of halogens is 1. The molecule has 0 aliphatic carbocycles. The second-order valence-corrected chi connectivity index (χ2v) is 7.28. The molecule has 3 amide bonds. The van der Waals surface area contributed by atoms with Gasteiger partial charge in [0.15, 0.2) is 0 Å². The van der Waals surface area contributed by atoms with Crippen LogP contribution in [0, 0.1) is 0 Å². The normalized spacial score (nSPS) is 20.9. The molecule has 1 aromatic rings. The summed E-state index contributed by atoms with van der Waals surface area (Å²) in [4.78, 5) is 27.5. The summed E-state index contributed by atoms with van der Waals surface area (Å²) >= 11 is 5.88. The fourth-order valence-electron chi connectivity index (χ4n) is 3.58. The van der Waals surface area contributed by atoms with Crippen LogP contribution in [0.4, 0.5) is 10.5 Å². The molecule has 1 atom stereocenters. The minimum Gasteiger partial charge on any atom is -0.338 e. The summed E-state index contributed by atoms with van der Waals surface area (Å²) in [5.74, 6) is 0.0188. The highest BCUT2D eigenvalue weighted by Crippen LogP contribution is 2.23. The SMILES string of the molecule is O=C(NCCC[NH+]1CCCC1)N[C@H]1CC(=O)N(c2ccc(Cl)cc2)C1. The van der Waals surface area contributed by atoms with Gasteiger partial charge < -0.3 is 20.4 Å². The lowest BCUT2D eigenvalue weighted by Gasteiger charge is -2.17. The maximum Gasteiger partial charge on any atom is 0.315 e. The highest BCUT2D eigenvalue weighted by Gasteiger charge is 2.31. The van der Waals surface area contributed by atoms with E-state index in [0.29, 0.717) is 24.5 Å². The van der Waals surface area contributed by atoms with E-state index >= 15 is 0 Å². The molecule has 25 heavy (non-hydrogen) atoms. The molecule has 2 aliphatic heterocycles. The fourth-order valence-corrected chi connectivity index (χ4v) is 3.70. The van der Waals surface area contributed by atoms with E-state index in [0.717, 1.165) is 18.7 Å². The lowest BCUT2D eigenvalue weighted by molar-refractivity contribution is -0.887. The molecular weight excluding hydrogens is 340 g/mol. The van der Waals surface area contributed by atoms with Gasteiger partial charge in [0.05, 0.1) is 25.7 Å². The standard InChI is InChI=1S/C18H25ClN4O2/c19-14-4-6-16(7-5-14)23-13-15(12-17(23)24)21-18(25)20-8-3-11-22-9-1-2-10-22/h4-7,15H,1-3,8-13H2,(H2,20,21,25)/p+1/t15-/m0/s1. The van der Waals surface area contributed by atoms with E-state index in [1.807, 2.05) is 12.1 Å². The summed E-state index contributed by atoms with van der Waals surface area (Å²) in [6.45, 7) is 4.81. The van der Waals surface area contributed by atoms with Crippen molar-refractivity contribution in [3.05, 3.63) is 29.3 Å². The van der Waals surface area contributed by atoms with Crippen molar-refractivity contribution in [1.82, 2.24) is 10.6 Å². The van der Waals surface area contributed by atoms with Gasteiger partial charge in [-0.05, 0) is 24.3 Å². The van der Waals surface area contributed by atoms with E-state index in [1.165, 1.54) is 25.9 Å². The topological polar surface area (TPSA) is 65.9 Å². The molecule has 6 nitrogen and oxygen atoms in total. The Bertz CT molecular complexity index is 602. The average molecular weight is 366 g/mol. The van der Waals surface area contributed by atoms with Crippen LogP contribution in [-0.2, 0) is 4.79 Å². The lowest BCUT2D eigenvalue weighted by atomic mass is 10.2. The van der Waals surface area contributed by atoms with Gasteiger partial charge in [0.2, 0.25) is 5.91 Å². The van der Waals surface area contributed by atoms with Crippen LogP contribution in [0.1, 0.15) is 25.7 Å². The molecule has 0 radical (unpaired) electrons. The number of nitrogens with zero attached hydrogens (tertiary/aromatic N) is 1. The first kappa shape index (κ1) is 18.0. The van der Waals surface area contributed by atoms with Crippen LogP contribution >= 0.6 is 11.6 Å². The smallest absolute Gasteiger partial charge is 0.315 e. The van der Waals surface area contributed by atoms with Crippen LogP contribution in [0.3, 0.4) is 0 Å². The third-order valence-corrected chi connectivity index (χ3v) is 5.15. The number of quaternary nitrogens is 1. The summed E-state index contributed by atoms with van der Waals surface area (Å²) in [7, 11) is 0. The molecule has 2 saturated heterocycles. The maximum atomic E-state index is 12.2. The van der Waals surface area contributed by atoms with Crippen LogP contribution in [0.2, 0.25) is 5.02 Å². The molecule has 2 aliphatic rings. The average Bonchev–Trinajstić information content (AvgIpc) is 3.22. The van der Waals surface area contributed by atoms with E-state index < -0.39 is 0 Å². The Labute approximate surface area is 153 Å². The van der Waals surface area contributed by atoms with Crippen molar-refractivity contribution in [2.24, 2.45) is 0 Å². The number of amides is 3. The lowest BCUT2D eigenvalue weighted by Crippen LogP contribution is -3.10. The zero-order valence-corrected chi connectivity index (χ0v) is 15.1. The number of carbonyl (C=O) groups excluding carboxylic acids is 2. The van der Waals surface area contributed by atoms with Crippen molar-refractivity contribution in [3.8, 4) is 0 Å². The molecular formula is C18H26ClN4O2+. The number of urea groups is 1. The molecule has 1 aromatic carbocycles. The molecule has 2 heterocycles. The van der Waals surface area contributed by atoms with Gasteiger partial charge in [-0.2, -0.15) is 0 Å². The van der Waals surface area contributed by atoms with Gasteiger partial charge >= 0.3 is 6.03 Å². The van der Waals surface area contributed by atoms with Gasteiger partial charge in [-0.15, -0.1) is 0 Å². The first-order chi connectivity index (χ1) is 12.1. The fraction of sp³-hybridized carbons (Fsp3) is 0.556. The Morgan fingerprint density at radius 3 is 2.68 bits per heavy atom. The highest BCUT2D eigenvalue weighted by molar-refractivity contribution is 6.30. The van der Waals surface area contributed by atoms with Crippen LogP contribution < -0.4 is 20.4 Å². The van der Waals surface area contributed by atoms with Gasteiger partial charge in [-0.1, -0.05) is 11.6 Å². The molecule has 3 N–H and O–H groups in total. The predicted octanol–water partition coefficient (Wildman–Crippen LogP) is 0.813. The van der Waals surface area contributed by atoms with Gasteiger partial charge in [-0.3, -0.25) is 4.79 Å². The third-order valence-electron chi connectivity index (χ3n) is 4.90. The first-order valence-corrected chi connectivity index (χ1v) is 9.43. The van der Waals surface area contributed by atoms with E-state index in [9.17, 15) is 9.59 Å². The van der Waals surface area contributed by atoms with Crippen molar-refractivity contribution in [2.45, 2.75) is 31.7 Å². The Kier molecular flexibility index (Phi) is 6.15. The van der Waals surface area contributed by atoms with Crippen LogP contribution in [0.25, 0.3) is 0 Å². The largest absolute Gasteiger partial charge is 0.338 e. The molecule has 0 saturated carbocycles. The molecule has 0 spiro atoms. The minimum absolute atomic E-state index is 0.0188. The van der Waals surface area contributed by atoms with Crippen LogP contribution in [0.15, 0.2) is 24.3 Å². The molecule has 0 unspecified atom stereocenters. The quantitative estimate of drug-likeness (QED) is 0.653. The summed E-state index contributed by atoms with van der Waals surface area (Å²) in [6, 6.07) is 6.83. The third kappa shape index (κ3) is 5.09. The van der Waals surface area contributed by atoms with E-state index in [4.69, 9.17) is 11.6 Å². The number of likely N-dealkylation sites (tertiary alicyclic amines) is 1. The second-order valence-electron chi connectivity index (χ2n) is 6.84. The summed E-state index contributed by atoms with van der Waals surface area (Å²) in [5.41, 5.74) is 0.813. The van der Waals surface area contributed by atoms with Crippen molar-refractivity contribution < 1.29 is 14.5 Å². The van der Waals surface area contributed by atoms with Crippen LogP contribution in [0.5, 0.6) is 0 Å². The van der Waals surface area contributed by atoms with Gasteiger partial charge in [-0.25, -0.2) is 4.79 Å². The van der Waals surface area contributed by atoms with Crippen molar-refractivity contribution in [2.75, 3.05) is 37.6 Å². The Hall–Kier alpha value is -1.79. The number of rotatable bonds is 6. The minimum atomic E-state index is -0.188. The van der Waals surface area contributed by atoms with Gasteiger partial charge in [0.1, 0.15) is 0 Å². The zero-order chi connectivity index (χ0) is 17.6.